The van der Waals surface area contributed by atoms with Crippen LogP contribution in [0.4, 0.5) is 10.1 Å². The number of nitrogens with one attached hydrogen (secondary N) is 1. The maximum Gasteiger partial charge on any atom is 0.255 e. The van der Waals surface area contributed by atoms with E-state index in [2.05, 4.69) is 32.3 Å². The lowest BCUT2D eigenvalue weighted by Crippen LogP contribution is -2.52. The Labute approximate surface area is 206 Å². The summed E-state index contributed by atoms with van der Waals surface area (Å²) in [5.74, 6) is -1.60. The summed E-state index contributed by atoms with van der Waals surface area (Å²) in [7, 11) is 0. The first-order chi connectivity index (χ1) is 17.5. The van der Waals surface area contributed by atoms with Crippen molar-refractivity contribution in [2.75, 3.05) is 31.1 Å². The van der Waals surface area contributed by atoms with Crippen LogP contribution in [0.1, 0.15) is 34.3 Å². The second kappa shape index (κ2) is 8.94. The van der Waals surface area contributed by atoms with E-state index in [4.69, 9.17) is 0 Å². The molecule has 4 heterocycles. The predicted octanol–water partition coefficient (Wildman–Crippen LogP) is 1.85. The molecule has 2 aromatic carbocycles. The Hall–Kier alpha value is -3.92. The highest BCUT2D eigenvalue weighted by molar-refractivity contribution is 6.05. The van der Waals surface area contributed by atoms with Crippen LogP contribution in [0.25, 0.3) is 11.0 Å². The van der Waals surface area contributed by atoms with E-state index in [1.54, 1.807) is 18.5 Å². The zero-order valence-electron chi connectivity index (χ0n) is 19.6. The number of piperazine rings is 1. The van der Waals surface area contributed by atoms with Crippen molar-refractivity contribution in [2.45, 2.75) is 32.0 Å². The third kappa shape index (κ3) is 4.07. The van der Waals surface area contributed by atoms with Crippen LogP contribution in [0, 0.1) is 5.82 Å². The first-order valence-electron chi connectivity index (χ1n) is 12.1. The summed E-state index contributed by atoms with van der Waals surface area (Å²) in [6, 6.07) is 8.43. The van der Waals surface area contributed by atoms with Crippen LogP contribution in [-0.2, 0) is 22.7 Å². The van der Waals surface area contributed by atoms with Crippen LogP contribution in [0.3, 0.4) is 0 Å². The van der Waals surface area contributed by atoms with Gasteiger partial charge in [0.25, 0.3) is 5.91 Å². The second-order valence-electron chi connectivity index (χ2n) is 9.50. The first-order valence-corrected chi connectivity index (χ1v) is 12.1. The Bertz CT molecular complexity index is 1390. The molecule has 36 heavy (non-hydrogen) atoms. The molecule has 2 saturated heterocycles. The third-order valence-electron chi connectivity index (χ3n) is 7.24. The van der Waals surface area contributed by atoms with Crippen molar-refractivity contribution < 1.29 is 18.8 Å². The van der Waals surface area contributed by atoms with E-state index >= 15 is 4.39 Å². The molecule has 0 bridgehead atoms. The van der Waals surface area contributed by atoms with Gasteiger partial charge in [0, 0.05) is 63.6 Å². The fourth-order valence-corrected chi connectivity index (χ4v) is 5.33. The van der Waals surface area contributed by atoms with Crippen molar-refractivity contribution in [3.05, 3.63) is 65.2 Å². The Kier molecular flexibility index (Phi) is 5.60. The highest BCUT2D eigenvalue weighted by Gasteiger charge is 2.40. The number of fused-ring (bicyclic) bond motifs is 2. The first kappa shape index (κ1) is 22.5. The molecule has 2 fully saturated rings. The number of halogens is 1. The van der Waals surface area contributed by atoms with E-state index in [1.165, 1.54) is 11.0 Å². The molecule has 0 spiro atoms. The van der Waals surface area contributed by atoms with Crippen molar-refractivity contribution in [3.63, 3.8) is 0 Å². The maximum atomic E-state index is 15.1. The molecule has 184 valence electrons. The zero-order chi connectivity index (χ0) is 24.8. The number of hydrogen-bond donors (Lipinski definition) is 1. The lowest BCUT2D eigenvalue weighted by molar-refractivity contribution is -0.136. The monoisotopic (exact) mass is 488 g/mol. The molecule has 0 aliphatic carbocycles. The number of rotatable bonds is 4. The smallest absolute Gasteiger partial charge is 0.255 e. The molecule has 9 nitrogen and oxygen atoms in total. The summed E-state index contributed by atoms with van der Waals surface area (Å²) in [5, 5.41) is 2.29. The van der Waals surface area contributed by atoms with E-state index in [-0.39, 0.29) is 31.2 Å². The molecule has 0 radical (unpaired) electrons. The number of piperidine rings is 1. The molecular weight excluding hydrogens is 463 g/mol. The van der Waals surface area contributed by atoms with Gasteiger partial charge in [0.2, 0.25) is 11.8 Å². The molecular formula is C26H25FN6O3. The van der Waals surface area contributed by atoms with E-state index in [0.29, 0.717) is 29.9 Å². The standard InChI is InChI=1S/C26H25FN6O3/c27-19-13-18-17(15-33(26(18)36)22-3-4-24(34)30-25(22)35)12-23(19)32-9-7-31(8-10-32)14-16-1-2-20-21(11-16)29-6-5-28-20/h1-2,5-6,11-13,22H,3-4,7-10,14-15H2,(H,30,34,35). The quantitative estimate of drug-likeness (QED) is 0.560. The number of benzene rings is 2. The molecule has 1 aromatic heterocycles. The largest absolute Gasteiger partial charge is 0.367 e. The van der Waals surface area contributed by atoms with Gasteiger partial charge in [0.05, 0.1) is 16.7 Å². The van der Waals surface area contributed by atoms with Gasteiger partial charge in [-0.1, -0.05) is 6.07 Å². The average Bonchev–Trinajstić information content (AvgIpc) is 3.19. The Balaban J connectivity index is 1.13. The number of imide groups is 1. The molecule has 3 aromatic rings. The Morgan fingerprint density at radius 2 is 1.75 bits per heavy atom. The molecule has 1 unspecified atom stereocenters. The fraction of sp³-hybridized carbons (Fsp3) is 0.346. The summed E-state index contributed by atoms with van der Waals surface area (Å²) >= 11 is 0. The van der Waals surface area contributed by atoms with Gasteiger partial charge >= 0.3 is 0 Å². The summed E-state index contributed by atoms with van der Waals surface area (Å²) in [4.78, 5) is 51.2. The van der Waals surface area contributed by atoms with Crippen LogP contribution in [0.5, 0.6) is 0 Å². The van der Waals surface area contributed by atoms with E-state index < -0.39 is 17.8 Å². The van der Waals surface area contributed by atoms with Crippen LogP contribution >= 0.6 is 0 Å². The van der Waals surface area contributed by atoms with Crippen molar-refractivity contribution in [1.29, 1.82) is 0 Å². The highest BCUT2D eigenvalue weighted by Crippen LogP contribution is 2.33. The number of aromatic nitrogens is 2. The summed E-state index contributed by atoms with van der Waals surface area (Å²) in [6.45, 7) is 3.88. The molecule has 0 saturated carbocycles. The van der Waals surface area contributed by atoms with Gasteiger partial charge in [0.1, 0.15) is 11.9 Å². The molecule has 3 aliphatic heterocycles. The van der Waals surface area contributed by atoms with E-state index in [0.717, 1.165) is 36.2 Å². The normalized spacial score (nSPS) is 20.7. The van der Waals surface area contributed by atoms with E-state index in [1.807, 2.05) is 11.0 Å². The fourth-order valence-electron chi connectivity index (χ4n) is 5.33. The second-order valence-corrected chi connectivity index (χ2v) is 9.50. The Morgan fingerprint density at radius 1 is 0.972 bits per heavy atom. The molecule has 3 amide bonds. The minimum atomic E-state index is -0.709. The van der Waals surface area contributed by atoms with Gasteiger partial charge in [-0.05, 0) is 41.8 Å². The van der Waals surface area contributed by atoms with E-state index in [9.17, 15) is 14.4 Å². The van der Waals surface area contributed by atoms with Crippen LogP contribution in [0.15, 0.2) is 42.7 Å². The molecule has 1 atom stereocenters. The van der Waals surface area contributed by atoms with Crippen molar-refractivity contribution >= 4 is 34.4 Å². The zero-order valence-corrected chi connectivity index (χ0v) is 19.6. The highest BCUT2D eigenvalue weighted by atomic mass is 19.1. The summed E-state index contributed by atoms with van der Waals surface area (Å²) in [6.07, 6.45) is 3.84. The van der Waals surface area contributed by atoms with Crippen molar-refractivity contribution in [1.82, 2.24) is 25.1 Å². The SMILES string of the molecule is O=C1CCC(N2Cc3cc(N4CCN(Cc5ccc6nccnc6c5)CC4)c(F)cc3C2=O)C(=O)N1. The van der Waals surface area contributed by atoms with Gasteiger partial charge in [0.15, 0.2) is 0 Å². The number of amides is 3. The lowest BCUT2D eigenvalue weighted by atomic mass is 10.0. The minimum Gasteiger partial charge on any atom is -0.367 e. The van der Waals surface area contributed by atoms with Crippen molar-refractivity contribution in [3.8, 4) is 0 Å². The lowest BCUT2D eigenvalue weighted by Gasteiger charge is -2.36. The Morgan fingerprint density at radius 3 is 2.53 bits per heavy atom. The minimum absolute atomic E-state index is 0.188. The van der Waals surface area contributed by atoms with Gasteiger partial charge in [-0.3, -0.25) is 34.6 Å². The molecule has 1 N–H and O–H groups in total. The molecule has 3 aliphatic rings. The van der Waals surface area contributed by atoms with Gasteiger partial charge < -0.3 is 9.80 Å². The maximum absolute atomic E-state index is 15.1. The molecule has 6 rings (SSSR count). The number of anilines is 1. The third-order valence-corrected chi connectivity index (χ3v) is 7.24. The summed E-state index contributed by atoms with van der Waals surface area (Å²) < 4.78 is 15.1. The number of hydrogen-bond acceptors (Lipinski definition) is 7. The van der Waals surface area contributed by atoms with Gasteiger partial charge in [-0.2, -0.15) is 0 Å². The summed E-state index contributed by atoms with van der Waals surface area (Å²) in [5.41, 5.74) is 4.38. The predicted molar refractivity (Wildman–Crippen MR) is 129 cm³/mol. The number of carbonyl (C=O) groups excluding carboxylic acids is 3. The van der Waals surface area contributed by atoms with Crippen molar-refractivity contribution in [2.24, 2.45) is 0 Å². The van der Waals surface area contributed by atoms with Crippen LogP contribution < -0.4 is 10.2 Å². The average molecular weight is 489 g/mol. The van der Waals surface area contributed by atoms with Gasteiger partial charge in [-0.25, -0.2) is 4.39 Å². The topological polar surface area (TPSA) is 98.7 Å². The molecule has 10 heteroatoms. The van der Waals surface area contributed by atoms with Crippen LogP contribution in [0.2, 0.25) is 0 Å². The number of nitrogens with zero attached hydrogens (tertiary/aromatic N) is 5. The van der Waals surface area contributed by atoms with Crippen LogP contribution in [-0.4, -0.2) is 69.7 Å². The number of carbonyl (C=O) groups is 3. The van der Waals surface area contributed by atoms with Gasteiger partial charge in [-0.15, -0.1) is 0 Å².